The molecule has 2 heterocycles. The van der Waals surface area contributed by atoms with Crippen LogP contribution in [0.15, 0.2) is 41.9 Å². The van der Waals surface area contributed by atoms with E-state index >= 15 is 0 Å². The van der Waals surface area contributed by atoms with E-state index in [4.69, 9.17) is 11.6 Å². The fraction of sp³-hybridized carbons (Fsp3) is 0. The van der Waals surface area contributed by atoms with Crippen molar-refractivity contribution in [2.24, 2.45) is 0 Å². The van der Waals surface area contributed by atoms with Crippen LogP contribution < -0.4 is 0 Å². The molecule has 0 radical (unpaired) electrons. The van der Waals surface area contributed by atoms with E-state index in [1.54, 1.807) is 17.5 Å². The summed E-state index contributed by atoms with van der Waals surface area (Å²) in [4.78, 5) is 8.65. The topological polar surface area (TPSA) is 25.8 Å². The van der Waals surface area contributed by atoms with Crippen molar-refractivity contribution in [3.63, 3.8) is 0 Å². The van der Waals surface area contributed by atoms with Crippen LogP contribution in [0.3, 0.4) is 0 Å². The van der Waals surface area contributed by atoms with Gasteiger partial charge in [-0.25, -0.2) is 9.97 Å². The smallest absolute Gasteiger partial charge is 0.130 e. The lowest BCUT2D eigenvalue weighted by Crippen LogP contribution is -1.79. The molecule has 3 rings (SSSR count). The Morgan fingerprint density at radius 2 is 2.06 bits per heavy atom. The lowest BCUT2D eigenvalue weighted by Gasteiger charge is -1.97. The molecule has 16 heavy (non-hydrogen) atoms. The zero-order valence-electron chi connectivity index (χ0n) is 8.22. The maximum Gasteiger partial charge on any atom is 0.130 e. The first-order valence-corrected chi connectivity index (χ1v) is 6.05. The number of thiazole rings is 1. The Morgan fingerprint density at radius 3 is 2.88 bits per heavy atom. The van der Waals surface area contributed by atoms with Crippen LogP contribution >= 0.6 is 22.9 Å². The van der Waals surface area contributed by atoms with Gasteiger partial charge in [-0.1, -0.05) is 29.8 Å². The number of hydrogen-bond acceptors (Lipinski definition) is 3. The summed E-state index contributed by atoms with van der Waals surface area (Å²) in [6.07, 6.45) is 1.80. The molecule has 0 unspecified atom stereocenters. The van der Waals surface area contributed by atoms with Crippen LogP contribution in [0, 0.1) is 0 Å². The minimum Gasteiger partial charge on any atom is -0.244 e. The molecule has 1 aromatic heterocycles. The molecule has 2 aliphatic rings. The molecular weight excluding hydrogens is 240 g/mol. The maximum absolute atomic E-state index is 5.93. The number of fused-ring (bicyclic) bond motifs is 1. The largest absolute Gasteiger partial charge is 0.244 e. The summed E-state index contributed by atoms with van der Waals surface area (Å²) in [6, 6.07) is 9.87. The molecule has 0 atom stereocenters. The van der Waals surface area contributed by atoms with E-state index in [-0.39, 0.29) is 0 Å². The van der Waals surface area contributed by atoms with Crippen LogP contribution in [0.4, 0.5) is 0 Å². The molecule has 0 saturated heterocycles. The maximum atomic E-state index is 5.93. The highest BCUT2D eigenvalue weighted by atomic mass is 35.5. The lowest BCUT2D eigenvalue weighted by atomic mass is 10.1. The predicted octanol–water partition coefficient (Wildman–Crippen LogP) is 3.96. The number of aromatic nitrogens is 2. The first kappa shape index (κ1) is 9.75. The minimum atomic E-state index is 0.527. The molecule has 4 heteroatoms. The summed E-state index contributed by atoms with van der Waals surface area (Å²) in [7, 11) is 0. The van der Waals surface area contributed by atoms with Crippen LogP contribution in [0.1, 0.15) is 0 Å². The predicted molar refractivity (Wildman–Crippen MR) is 67.0 cm³/mol. The van der Waals surface area contributed by atoms with Gasteiger partial charge in [0.1, 0.15) is 10.2 Å². The third-order valence-electron chi connectivity index (χ3n) is 2.33. The monoisotopic (exact) mass is 246 g/mol. The quantitative estimate of drug-likeness (QED) is 0.649. The molecule has 1 aromatic rings. The first-order chi connectivity index (χ1) is 7.84. The highest BCUT2D eigenvalue weighted by molar-refractivity contribution is 7.13. The summed E-state index contributed by atoms with van der Waals surface area (Å²) in [5, 5.41) is 3.45. The molecule has 0 amide bonds. The molecule has 2 nitrogen and oxygen atoms in total. The van der Waals surface area contributed by atoms with Gasteiger partial charge in [-0.3, -0.25) is 0 Å². The highest BCUT2D eigenvalue weighted by Crippen LogP contribution is 2.34. The normalized spacial score (nSPS) is 10.8. The lowest BCUT2D eigenvalue weighted by molar-refractivity contribution is 1.38. The second-order valence-electron chi connectivity index (χ2n) is 3.35. The molecule has 0 bridgehead atoms. The second kappa shape index (κ2) is 3.85. The van der Waals surface area contributed by atoms with Crippen LogP contribution in [-0.4, -0.2) is 9.97 Å². The van der Waals surface area contributed by atoms with Gasteiger partial charge >= 0.3 is 0 Å². The fourth-order valence-electron chi connectivity index (χ4n) is 1.66. The summed E-state index contributed by atoms with van der Waals surface area (Å²) in [6.45, 7) is 0. The Labute approximate surface area is 102 Å². The SMILES string of the molecule is Clc1cc2ccccc(-c3nccs3)c-2n1. The van der Waals surface area contributed by atoms with E-state index in [0.717, 1.165) is 21.8 Å². The van der Waals surface area contributed by atoms with Crippen molar-refractivity contribution < 1.29 is 0 Å². The number of halogens is 1. The van der Waals surface area contributed by atoms with Gasteiger partial charge < -0.3 is 0 Å². The van der Waals surface area contributed by atoms with Gasteiger partial charge in [0.2, 0.25) is 0 Å². The first-order valence-electron chi connectivity index (χ1n) is 4.80. The van der Waals surface area contributed by atoms with Crippen molar-refractivity contribution in [3.8, 4) is 21.8 Å². The number of hydrogen-bond donors (Lipinski definition) is 0. The van der Waals surface area contributed by atoms with Crippen LogP contribution in [0.2, 0.25) is 5.15 Å². The molecule has 1 aliphatic heterocycles. The molecular formula is C12H7ClN2S. The average Bonchev–Trinajstić information content (AvgIpc) is 2.86. The fourth-order valence-corrected chi connectivity index (χ4v) is 2.53. The molecule has 0 spiro atoms. The minimum absolute atomic E-state index is 0.527. The van der Waals surface area contributed by atoms with Crippen molar-refractivity contribution in [1.29, 1.82) is 0 Å². The molecule has 0 fully saturated rings. The zero-order valence-corrected chi connectivity index (χ0v) is 9.79. The Balaban J connectivity index is 2.31. The molecule has 78 valence electrons. The van der Waals surface area contributed by atoms with Crippen molar-refractivity contribution in [2.75, 3.05) is 0 Å². The van der Waals surface area contributed by atoms with Gasteiger partial charge in [0.05, 0.1) is 5.69 Å². The van der Waals surface area contributed by atoms with Crippen molar-refractivity contribution in [3.05, 3.63) is 47.1 Å². The number of rotatable bonds is 1. The zero-order chi connectivity index (χ0) is 11.0. The Bertz CT molecular complexity index is 592. The van der Waals surface area contributed by atoms with E-state index in [2.05, 4.69) is 9.97 Å². The average molecular weight is 247 g/mol. The van der Waals surface area contributed by atoms with E-state index < -0.39 is 0 Å². The Hall–Kier alpha value is -1.45. The summed E-state index contributed by atoms with van der Waals surface area (Å²) in [5.41, 5.74) is 2.98. The van der Waals surface area contributed by atoms with E-state index in [9.17, 15) is 0 Å². The Morgan fingerprint density at radius 1 is 1.19 bits per heavy atom. The van der Waals surface area contributed by atoms with Gasteiger partial charge in [0.15, 0.2) is 0 Å². The molecule has 0 N–H and O–H groups in total. The summed E-state index contributed by atoms with van der Waals surface area (Å²) in [5.74, 6) is 0. The van der Waals surface area contributed by atoms with Gasteiger partial charge in [-0.05, 0) is 12.1 Å². The van der Waals surface area contributed by atoms with E-state index in [0.29, 0.717) is 5.15 Å². The Kier molecular flexibility index (Phi) is 2.35. The van der Waals surface area contributed by atoms with Gasteiger partial charge in [0.25, 0.3) is 0 Å². The van der Waals surface area contributed by atoms with Gasteiger partial charge in [-0.2, -0.15) is 0 Å². The van der Waals surface area contributed by atoms with Crippen LogP contribution in [0.5, 0.6) is 0 Å². The van der Waals surface area contributed by atoms with Gasteiger partial charge in [-0.15, -0.1) is 11.3 Å². The molecule has 1 aliphatic carbocycles. The summed E-state index contributed by atoms with van der Waals surface area (Å²) >= 11 is 7.53. The molecule has 0 aromatic carbocycles. The standard InChI is InChI=1S/C12H7ClN2S/c13-10-7-8-3-1-2-4-9(11(8)15-10)12-14-5-6-16-12/h1-7H. The van der Waals surface area contributed by atoms with Gasteiger partial charge in [0, 0.05) is 22.7 Å². The number of nitrogens with zero attached hydrogens (tertiary/aromatic N) is 2. The highest BCUT2D eigenvalue weighted by Gasteiger charge is 2.13. The summed E-state index contributed by atoms with van der Waals surface area (Å²) < 4.78 is 0. The van der Waals surface area contributed by atoms with E-state index in [1.807, 2.05) is 35.7 Å². The third kappa shape index (κ3) is 1.58. The van der Waals surface area contributed by atoms with Crippen molar-refractivity contribution >= 4 is 22.9 Å². The van der Waals surface area contributed by atoms with Crippen molar-refractivity contribution in [2.45, 2.75) is 0 Å². The molecule has 0 saturated carbocycles. The van der Waals surface area contributed by atoms with E-state index in [1.165, 1.54) is 0 Å². The second-order valence-corrected chi connectivity index (χ2v) is 4.63. The van der Waals surface area contributed by atoms with Crippen molar-refractivity contribution in [1.82, 2.24) is 9.97 Å². The third-order valence-corrected chi connectivity index (χ3v) is 3.33. The van der Waals surface area contributed by atoms with Crippen LogP contribution in [0.25, 0.3) is 21.8 Å². The van der Waals surface area contributed by atoms with Crippen LogP contribution in [-0.2, 0) is 0 Å².